The normalized spacial score (nSPS) is 11.1. The van der Waals surface area contributed by atoms with E-state index >= 15 is 0 Å². The van der Waals surface area contributed by atoms with E-state index in [9.17, 15) is 4.79 Å². The highest BCUT2D eigenvalue weighted by molar-refractivity contribution is 9.10. The van der Waals surface area contributed by atoms with Gasteiger partial charge in [-0.25, -0.2) is 5.43 Å². The van der Waals surface area contributed by atoms with Crippen LogP contribution in [-0.4, -0.2) is 30.4 Å². The van der Waals surface area contributed by atoms with Gasteiger partial charge >= 0.3 is 5.91 Å². The highest BCUT2D eigenvalue weighted by atomic mass is 79.9. The third-order valence-corrected chi connectivity index (χ3v) is 6.02. The van der Waals surface area contributed by atoms with Crippen molar-refractivity contribution in [1.29, 1.82) is 0 Å². The second-order valence-corrected chi connectivity index (χ2v) is 9.07. The largest absolute Gasteiger partial charge is 0.493 e. The van der Waals surface area contributed by atoms with Gasteiger partial charge in [0.05, 0.1) is 19.9 Å². The maximum Gasteiger partial charge on any atom is 0.307 e. The Bertz CT molecular complexity index is 1390. The van der Waals surface area contributed by atoms with Crippen LogP contribution in [0.3, 0.4) is 0 Å². The monoisotopic (exact) mass is 565 g/mol. The smallest absolute Gasteiger partial charge is 0.307 e. The fourth-order valence-corrected chi connectivity index (χ4v) is 4.30. The number of carbonyl (C=O) groups excluding carboxylic acids is 1. The summed E-state index contributed by atoms with van der Waals surface area (Å²) in [5.74, 6) is 1.96. The molecule has 0 saturated heterocycles. The van der Waals surface area contributed by atoms with Gasteiger partial charge in [0.1, 0.15) is 18.1 Å². The summed E-state index contributed by atoms with van der Waals surface area (Å²) in [6, 6.07) is 18.9. The fraction of sp³-hybridized carbons (Fsp3) is 0.214. The maximum absolute atomic E-state index is 12.5. The molecule has 0 atom stereocenters. The van der Waals surface area contributed by atoms with Crippen LogP contribution in [0, 0.1) is 13.8 Å². The van der Waals surface area contributed by atoms with Gasteiger partial charge < -0.3 is 23.2 Å². The van der Waals surface area contributed by atoms with E-state index in [1.807, 2.05) is 37.3 Å². The lowest BCUT2D eigenvalue weighted by molar-refractivity contribution is 0.0923. The van der Waals surface area contributed by atoms with Crippen molar-refractivity contribution >= 4 is 28.1 Å². The zero-order valence-electron chi connectivity index (χ0n) is 21.1. The second-order valence-electron chi connectivity index (χ2n) is 8.16. The van der Waals surface area contributed by atoms with Gasteiger partial charge in [-0.15, -0.1) is 0 Å². The number of benzene rings is 2. The number of methoxy groups -OCH3 is 1. The second kappa shape index (κ2) is 11.8. The lowest BCUT2D eigenvalue weighted by atomic mass is 10.2. The zero-order chi connectivity index (χ0) is 26.4. The number of nitrogens with one attached hydrogen (secondary N) is 1. The van der Waals surface area contributed by atoms with Gasteiger partial charge in [-0.05, 0) is 81.4 Å². The maximum atomic E-state index is 12.5. The van der Waals surface area contributed by atoms with E-state index in [2.05, 4.69) is 57.0 Å². The molecule has 0 unspecified atom stereocenters. The lowest BCUT2D eigenvalue weighted by Gasteiger charge is -2.12. The van der Waals surface area contributed by atoms with Crippen molar-refractivity contribution in [2.75, 3.05) is 13.7 Å². The van der Waals surface area contributed by atoms with Crippen LogP contribution in [-0.2, 0) is 6.61 Å². The summed E-state index contributed by atoms with van der Waals surface area (Å²) in [6.07, 6.45) is 1.49. The van der Waals surface area contributed by atoms with Crippen LogP contribution >= 0.6 is 15.9 Å². The van der Waals surface area contributed by atoms with E-state index in [0.717, 1.165) is 10.2 Å². The molecule has 4 aromatic rings. The molecule has 4 rings (SSSR count). The van der Waals surface area contributed by atoms with Crippen LogP contribution < -0.4 is 19.6 Å². The number of hydrogen-bond acceptors (Lipinski definition) is 6. The first-order chi connectivity index (χ1) is 17.9. The number of carbonyl (C=O) groups is 1. The molecule has 8 nitrogen and oxygen atoms in total. The first-order valence-electron chi connectivity index (χ1n) is 11.7. The van der Waals surface area contributed by atoms with Crippen LogP contribution in [0.5, 0.6) is 17.2 Å². The van der Waals surface area contributed by atoms with Crippen LogP contribution in [0.2, 0.25) is 0 Å². The summed E-state index contributed by atoms with van der Waals surface area (Å²) in [5, 5.41) is 4.05. The molecule has 0 radical (unpaired) electrons. The van der Waals surface area contributed by atoms with Crippen molar-refractivity contribution in [3.8, 4) is 22.9 Å². The van der Waals surface area contributed by atoms with Gasteiger partial charge in [0.25, 0.3) is 0 Å². The standard InChI is InChI=1S/C28H28BrN3O5/c1-5-35-27-20(14-21(29)15-26(27)34-4)16-30-31-28(33)25-13-12-24(37-25)17-36-23-10-8-22(9-11-23)32-18(2)6-7-19(32)3/h6-16H,5,17H2,1-4H3,(H,31,33). The van der Waals surface area contributed by atoms with Crippen molar-refractivity contribution in [2.24, 2.45) is 5.10 Å². The van der Waals surface area contributed by atoms with Gasteiger partial charge in [0.15, 0.2) is 17.3 Å². The van der Waals surface area contributed by atoms with Crippen LogP contribution in [0.25, 0.3) is 5.69 Å². The minimum Gasteiger partial charge on any atom is -0.493 e. The predicted octanol–water partition coefficient (Wildman–Crippen LogP) is 6.20. The van der Waals surface area contributed by atoms with E-state index in [1.54, 1.807) is 25.3 Å². The zero-order valence-corrected chi connectivity index (χ0v) is 22.7. The van der Waals surface area contributed by atoms with Crippen LogP contribution in [0.1, 0.15) is 40.2 Å². The Morgan fingerprint density at radius 2 is 1.78 bits per heavy atom. The number of halogens is 1. The summed E-state index contributed by atoms with van der Waals surface area (Å²) in [5.41, 5.74) is 6.53. The van der Waals surface area contributed by atoms with Gasteiger partial charge in [-0.1, -0.05) is 15.9 Å². The van der Waals surface area contributed by atoms with E-state index in [0.29, 0.717) is 35.2 Å². The Balaban J connectivity index is 1.35. The molecule has 0 saturated carbocycles. The van der Waals surface area contributed by atoms with Crippen molar-refractivity contribution < 1.29 is 23.4 Å². The summed E-state index contributed by atoms with van der Waals surface area (Å²) in [7, 11) is 1.56. The Morgan fingerprint density at radius 3 is 2.46 bits per heavy atom. The van der Waals surface area contributed by atoms with Crippen LogP contribution in [0.15, 0.2) is 74.7 Å². The van der Waals surface area contributed by atoms with Crippen molar-refractivity contribution in [1.82, 2.24) is 9.99 Å². The van der Waals surface area contributed by atoms with Gasteiger partial charge in [0.2, 0.25) is 0 Å². The van der Waals surface area contributed by atoms with Crippen LogP contribution in [0.4, 0.5) is 0 Å². The average Bonchev–Trinajstić information content (AvgIpc) is 3.50. The molecule has 1 N–H and O–H groups in total. The molecule has 1 amide bonds. The molecule has 0 aliphatic heterocycles. The van der Waals surface area contributed by atoms with E-state index in [1.165, 1.54) is 17.6 Å². The minimum atomic E-state index is -0.482. The summed E-state index contributed by atoms with van der Waals surface area (Å²) < 4.78 is 25.5. The molecule has 2 aromatic heterocycles. The number of rotatable bonds is 10. The van der Waals surface area contributed by atoms with E-state index in [-0.39, 0.29) is 12.4 Å². The van der Waals surface area contributed by atoms with Gasteiger partial charge in [-0.3, -0.25) is 4.79 Å². The molecule has 2 aromatic carbocycles. The first kappa shape index (κ1) is 26.1. The van der Waals surface area contributed by atoms with E-state index < -0.39 is 5.91 Å². The van der Waals surface area contributed by atoms with Gasteiger partial charge in [-0.2, -0.15) is 5.10 Å². The molecule has 37 heavy (non-hydrogen) atoms. The number of aromatic nitrogens is 1. The minimum absolute atomic E-state index is 0.126. The van der Waals surface area contributed by atoms with Crippen molar-refractivity contribution in [2.45, 2.75) is 27.4 Å². The number of nitrogens with zero attached hydrogens (tertiary/aromatic N) is 2. The molecule has 0 fully saturated rings. The first-order valence-corrected chi connectivity index (χ1v) is 12.5. The number of hydrazone groups is 1. The van der Waals surface area contributed by atoms with Crippen molar-refractivity contribution in [3.63, 3.8) is 0 Å². The Morgan fingerprint density at radius 1 is 1.05 bits per heavy atom. The summed E-state index contributed by atoms with van der Waals surface area (Å²) >= 11 is 3.44. The summed E-state index contributed by atoms with van der Waals surface area (Å²) in [6.45, 7) is 6.67. The molecule has 9 heteroatoms. The van der Waals surface area contributed by atoms with Gasteiger partial charge in [0, 0.05) is 27.1 Å². The highest BCUT2D eigenvalue weighted by Crippen LogP contribution is 2.34. The number of furan rings is 1. The molecule has 192 valence electrons. The molecule has 0 aliphatic carbocycles. The molecule has 0 spiro atoms. The molecule has 0 aliphatic rings. The molecule has 2 heterocycles. The Hall–Kier alpha value is -3.98. The third-order valence-electron chi connectivity index (χ3n) is 5.56. The summed E-state index contributed by atoms with van der Waals surface area (Å²) in [4.78, 5) is 12.5. The lowest BCUT2D eigenvalue weighted by Crippen LogP contribution is -2.17. The number of ether oxygens (including phenoxy) is 3. The third kappa shape index (κ3) is 6.24. The number of hydrogen-bond donors (Lipinski definition) is 1. The predicted molar refractivity (Wildman–Crippen MR) is 145 cm³/mol. The Labute approximate surface area is 224 Å². The highest BCUT2D eigenvalue weighted by Gasteiger charge is 2.13. The van der Waals surface area contributed by atoms with E-state index in [4.69, 9.17) is 18.6 Å². The SMILES string of the molecule is CCOc1c(C=NNC(=O)c2ccc(COc3ccc(-n4c(C)ccc4C)cc3)o2)cc(Br)cc1OC. The quantitative estimate of drug-likeness (QED) is 0.183. The number of aryl methyl sites for hydroxylation is 2. The molecular weight excluding hydrogens is 538 g/mol. The fourth-order valence-electron chi connectivity index (χ4n) is 3.85. The average molecular weight is 566 g/mol. The van der Waals surface area contributed by atoms with Crippen molar-refractivity contribution in [3.05, 3.63) is 93.6 Å². The number of amides is 1. The molecular formula is C28H28BrN3O5. The Kier molecular flexibility index (Phi) is 8.35. The molecule has 0 bridgehead atoms. The topological polar surface area (TPSA) is 87.2 Å².